The molecule has 0 bridgehead atoms. The fourth-order valence-electron chi connectivity index (χ4n) is 1.80. The normalized spacial score (nSPS) is 17.3. The first kappa shape index (κ1) is 13.5. The molecule has 0 unspecified atom stereocenters. The van der Waals surface area contributed by atoms with Crippen LogP contribution in [0.25, 0.3) is 0 Å². The second kappa shape index (κ2) is 6.86. The van der Waals surface area contributed by atoms with Gasteiger partial charge in [0.2, 0.25) is 0 Å². The van der Waals surface area contributed by atoms with Gasteiger partial charge in [-0.05, 0) is 6.42 Å². The van der Waals surface area contributed by atoms with E-state index in [2.05, 4.69) is 16.7 Å². The van der Waals surface area contributed by atoms with Gasteiger partial charge in [-0.2, -0.15) is 9.78 Å². The first-order valence-electron chi connectivity index (χ1n) is 6.31. The van der Waals surface area contributed by atoms with Crippen LogP contribution in [0, 0.1) is 0 Å². The molecule has 0 aliphatic carbocycles. The van der Waals surface area contributed by atoms with Gasteiger partial charge in [0, 0.05) is 6.42 Å². The van der Waals surface area contributed by atoms with E-state index in [1.165, 1.54) is 38.5 Å². The third-order valence-corrected chi connectivity index (χ3v) is 2.97. The van der Waals surface area contributed by atoms with Crippen molar-refractivity contribution >= 4 is 5.97 Å². The Kier molecular flexibility index (Phi) is 5.77. The number of carboxylic acids is 1. The number of rotatable bonds is 10. The summed E-state index contributed by atoms with van der Waals surface area (Å²) in [6.45, 7) is 2.21. The van der Waals surface area contributed by atoms with E-state index in [1.54, 1.807) is 0 Å². The molecule has 0 aromatic carbocycles. The van der Waals surface area contributed by atoms with Gasteiger partial charge in [-0.15, -0.1) is 0 Å². The van der Waals surface area contributed by atoms with E-state index in [0.717, 1.165) is 12.8 Å². The van der Waals surface area contributed by atoms with Crippen molar-refractivity contribution < 1.29 is 19.7 Å². The minimum absolute atomic E-state index is 0.470. The minimum atomic E-state index is -1.29. The first-order chi connectivity index (χ1) is 7.71. The maximum Gasteiger partial charge on any atom is 0.370 e. The fourth-order valence-corrected chi connectivity index (χ4v) is 1.80. The van der Waals surface area contributed by atoms with Crippen LogP contribution in [0.2, 0.25) is 0 Å². The van der Waals surface area contributed by atoms with E-state index < -0.39 is 11.8 Å². The Morgan fingerprint density at radius 3 is 1.94 bits per heavy atom. The molecule has 1 aliphatic rings. The third-order valence-electron chi connectivity index (χ3n) is 2.97. The molecule has 1 aliphatic heterocycles. The number of hydrogen-bond acceptors (Lipinski definition) is 3. The molecule has 1 fully saturated rings. The molecule has 4 heteroatoms. The van der Waals surface area contributed by atoms with Crippen molar-refractivity contribution in [3.05, 3.63) is 0 Å². The van der Waals surface area contributed by atoms with Crippen molar-refractivity contribution in [1.82, 2.24) is 0 Å². The SMILES string of the molecule is CCCCCCCCCCC1(C(=O)O)OO1. The van der Waals surface area contributed by atoms with Crippen molar-refractivity contribution in [3.63, 3.8) is 0 Å². The quantitative estimate of drug-likeness (QED) is 0.355. The van der Waals surface area contributed by atoms with Crippen LogP contribution < -0.4 is 0 Å². The highest BCUT2D eigenvalue weighted by Gasteiger charge is 2.56. The van der Waals surface area contributed by atoms with Crippen LogP contribution in [0.1, 0.15) is 64.7 Å². The summed E-state index contributed by atoms with van der Waals surface area (Å²) >= 11 is 0. The fraction of sp³-hybridized carbons (Fsp3) is 0.917. The molecule has 94 valence electrons. The highest BCUT2D eigenvalue weighted by atomic mass is 17.4. The van der Waals surface area contributed by atoms with Crippen molar-refractivity contribution in [2.45, 2.75) is 70.5 Å². The molecule has 0 aromatic rings. The average molecular weight is 230 g/mol. The molecule has 1 heterocycles. The lowest BCUT2D eigenvalue weighted by Crippen LogP contribution is -2.23. The predicted molar refractivity (Wildman–Crippen MR) is 59.8 cm³/mol. The van der Waals surface area contributed by atoms with Crippen LogP contribution >= 0.6 is 0 Å². The molecule has 1 saturated heterocycles. The summed E-state index contributed by atoms with van der Waals surface area (Å²) in [4.78, 5) is 19.7. The number of carboxylic acid groups (broad SMARTS) is 1. The van der Waals surface area contributed by atoms with Gasteiger partial charge in [0.1, 0.15) is 0 Å². The van der Waals surface area contributed by atoms with Gasteiger partial charge in [0.25, 0.3) is 0 Å². The number of hydrogen-bond donors (Lipinski definition) is 1. The molecule has 1 N–H and O–H groups in total. The van der Waals surface area contributed by atoms with Gasteiger partial charge in [-0.25, -0.2) is 4.79 Å². The molecular formula is C12H22O4. The summed E-state index contributed by atoms with van der Waals surface area (Å²) in [7, 11) is 0. The maximum absolute atomic E-state index is 10.7. The topological polar surface area (TPSA) is 62.4 Å². The molecule has 16 heavy (non-hydrogen) atoms. The molecule has 0 amide bonds. The van der Waals surface area contributed by atoms with E-state index in [-0.39, 0.29) is 0 Å². The maximum atomic E-state index is 10.7. The lowest BCUT2D eigenvalue weighted by molar-refractivity contribution is -0.144. The number of unbranched alkanes of at least 4 members (excludes halogenated alkanes) is 7. The van der Waals surface area contributed by atoms with Gasteiger partial charge >= 0.3 is 11.8 Å². The van der Waals surface area contributed by atoms with Crippen LogP contribution in [0.3, 0.4) is 0 Å². The van der Waals surface area contributed by atoms with Gasteiger partial charge in [0.05, 0.1) is 0 Å². The smallest absolute Gasteiger partial charge is 0.370 e. The van der Waals surface area contributed by atoms with Crippen molar-refractivity contribution in [3.8, 4) is 0 Å². The van der Waals surface area contributed by atoms with Gasteiger partial charge in [-0.3, -0.25) is 0 Å². The zero-order valence-corrected chi connectivity index (χ0v) is 10.0. The average Bonchev–Trinajstić information content (AvgIpc) is 3.03. The summed E-state index contributed by atoms with van der Waals surface area (Å²) in [5.41, 5.74) is 0. The second-order valence-electron chi connectivity index (χ2n) is 4.45. The van der Waals surface area contributed by atoms with Crippen LogP contribution in [0.15, 0.2) is 0 Å². The highest BCUT2D eigenvalue weighted by Crippen LogP contribution is 2.35. The molecule has 0 aromatic heterocycles. The van der Waals surface area contributed by atoms with Crippen molar-refractivity contribution in [2.24, 2.45) is 0 Å². The Hall–Kier alpha value is -0.610. The Bertz CT molecular complexity index is 211. The van der Waals surface area contributed by atoms with Crippen LogP contribution in [-0.2, 0) is 14.6 Å². The molecule has 4 nitrogen and oxygen atoms in total. The minimum Gasteiger partial charge on any atom is -0.477 e. The van der Waals surface area contributed by atoms with Gasteiger partial charge in [0.15, 0.2) is 0 Å². The summed E-state index contributed by atoms with van der Waals surface area (Å²) in [6.07, 6.45) is 10.0. The summed E-state index contributed by atoms with van der Waals surface area (Å²) < 4.78 is 0. The van der Waals surface area contributed by atoms with Crippen LogP contribution in [-0.4, -0.2) is 16.9 Å². The van der Waals surface area contributed by atoms with Gasteiger partial charge < -0.3 is 5.11 Å². The van der Waals surface area contributed by atoms with Gasteiger partial charge in [-0.1, -0.05) is 51.9 Å². The molecule has 1 rings (SSSR count). The molecule has 0 radical (unpaired) electrons. The Morgan fingerprint density at radius 2 is 1.50 bits per heavy atom. The summed E-state index contributed by atoms with van der Waals surface area (Å²) in [5.74, 6) is -2.29. The molecule has 0 atom stereocenters. The molecule has 0 spiro atoms. The van der Waals surface area contributed by atoms with E-state index in [4.69, 9.17) is 5.11 Å². The van der Waals surface area contributed by atoms with E-state index in [9.17, 15) is 4.79 Å². The van der Waals surface area contributed by atoms with E-state index >= 15 is 0 Å². The van der Waals surface area contributed by atoms with Crippen LogP contribution in [0.5, 0.6) is 0 Å². The molecule has 0 saturated carbocycles. The monoisotopic (exact) mass is 230 g/mol. The van der Waals surface area contributed by atoms with E-state index in [0.29, 0.717) is 6.42 Å². The van der Waals surface area contributed by atoms with Crippen LogP contribution in [0.4, 0.5) is 0 Å². The summed E-state index contributed by atoms with van der Waals surface area (Å²) in [6, 6.07) is 0. The number of carbonyl (C=O) groups is 1. The summed E-state index contributed by atoms with van der Waals surface area (Å²) in [5, 5.41) is 8.75. The largest absolute Gasteiger partial charge is 0.477 e. The predicted octanol–water partition coefficient (Wildman–Crippen LogP) is 3.26. The lowest BCUT2D eigenvalue weighted by atomic mass is 10.0. The third kappa shape index (κ3) is 4.49. The Morgan fingerprint density at radius 1 is 1.00 bits per heavy atom. The zero-order chi connectivity index (χ0) is 11.9. The number of aliphatic carboxylic acids is 1. The molecular weight excluding hydrogens is 208 g/mol. The zero-order valence-electron chi connectivity index (χ0n) is 10.0. The van der Waals surface area contributed by atoms with E-state index in [1.807, 2.05) is 0 Å². The Labute approximate surface area is 96.9 Å². The van der Waals surface area contributed by atoms with Crippen molar-refractivity contribution in [2.75, 3.05) is 0 Å². The second-order valence-corrected chi connectivity index (χ2v) is 4.45. The van der Waals surface area contributed by atoms with Crippen molar-refractivity contribution in [1.29, 1.82) is 0 Å². The first-order valence-corrected chi connectivity index (χ1v) is 6.31. The Balaban J connectivity index is 1.87. The standard InChI is InChI=1S/C12H22O4/c1-2-3-4-5-6-7-8-9-10-12(11(13)14)15-16-12/h2-10H2,1H3,(H,13,14). The lowest BCUT2D eigenvalue weighted by Gasteiger charge is -2.02. The highest BCUT2D eigenvalue weighted by molar-refractivity contribution is 5.76.